The highest BCUT2D eigenvalue weighted by molar-refractivity contribution is 5.34. The van der Waals surface area contributed by atoms with Gasteiger partial charge in [-0.2, -0.15) is 5.10 Å². The first kappa shape index (κ1) is 8.80. The summed E-state index contributed by atoms with van der Waals surface area (Å²) in [5.74, 6) is 1.27. The Morgan fingerprint density at radius 3 is 2.67 bits per heavy atom. The number of aromatic nitrogens is 2. The zero-order chi connectivity index (χ0) is 10.3. The molecule has 2 fully saturated rings. The molecule has 0 aliphatic heterocycles. The normalized spacial score (nSPS) is 20.0. The van der Waals surface area contributed by atoms with Crippen LogP contribution in [0.1, 0.15) is 54.5 Å². The van der Waals surface area contributed by atoms with Crippen molar-refractivity contribution in [1.82, 2.24) is 10.2 Å². The summed E-state index contributed by atoms with van der Waals surface area (Å²) in [4.78, 5) is 2.84. The van der Waals surface area contributed by atoms with Gasteiger partial charge in [0.05, 0.1) is 12.2 Å². The van der Waals surface area contributed by atoms with E-state index in [9.17, 15) is 0 Å². The Hall–Kier alpha value is -1.48. The maximum absolute atomic E-state index is 8.38. The molecule has 1 heterocycles. The van der Waals surface area contributed by atoms with Crippen LogP contribution in [0.2, 0.25) is 0 Å². The van der Waals surface area contributed by atoms with Crippen LogP contribution in [0.4, 0.5) is 0 Å². The number of rotatable bonds is 4. The lowest BCUT2D eigenvalue weighted by Crippen LogP contribution is -1.91. The molecule has 0 unspecified atom stereocenters. The predicted octanol–water partition coefficient (Wildman–Crippen LogP) is 2.97. The van der Waals surface area contributed by atoms with E-state index in [1.54, 1.807) is 0 Å². The number of nitrogens with zero attached hydrogens (tertiary/aromatic N) is 4. The van der Waals surface area contributed by atoms with Crippen LogP contribution >= 0.6 is 0 Å². The second-order valence-corrected chi connectivity index (χ2v) is 4.44. The number of hydrogen-bond acceptors (Lipinski definition) is 2. The number of azide groups is 1. The summed E-state index contributed by atoms with van der Waals surface area (Å²) in [7, 11) is 0. The summed E-state index contributed by atoms with van der Waals surface area (Å²) in [5.41, 5.74) is 11.9. The van der Waals surface area contributed by atoms with Gasteiger partial charge in [-0.05, 0) is 31.2 Å². The Bertz CT molecular complexity index is 392. The van der Waals surface area contributed by atoms with Gasteiger partial charge >= 0.3 is 0 Å². The molecule has 2 saturated carbocycles. The van der Waals surface area contributed by atoms with Gasteiger partial charge in [-0.1, -0.05) is 5.11 Å². The summed E-state index contributed by atoms with van der Waals surface area (Å²) < 4.78 is 0. The summed E-state index contributed by atoms with van der Waals surface area (Å²) in [6, 6.07) is 0. The fourth-order valence-electron chi connectivity index (χ4n) is 2.07. The maximum Gasteiger partial charge on any atom is 0.0689 e. The quantitative estimate of drug-likeness (QED) is 0.455. The molecule has 3 rings (SSSR count). The van der Waals surface area contributed by atoms with Crippen molar-refractivity contribution in [3.63, 3.8) is 0 Å². The summed E-state index contributed by atoms with van der Waals surface area (Å²) in [6.07, 6.45) is 4.96. The standard InChI is InChI=1S/C10H13N5/c11-15-12-5-8-9(6-1-2-6)13-14-10(8)7-3-4-7/h6-7H,1-5H2,(H,13,14). The SMILES string of the molecule is [N-]=[N+]=NCc1c(C2CC2)n[nH]c1C1CC1. The smallest absolute Gasteiger partial charge is 0.0689 e. The van der Waals surface area contributed by atoms with E-state index in [4.69, 9.17) is 5.53 Å². The van der Waals surface area contributed by atoms with Gasteiger partial charge in [0.2, 0.25) is 0 Å². The van der Waals surface area contributed by atoms with Crippen LogP contribution in [-0.4, -0.2) is 10.2 Å². The topological polar surface area (TPSA) is 77.4 Å². The highest BCUT2D eigenvalue weighted by atomic mass is 15.2. The van der Waals surface area contributed by atoms with Crippen molar-refractivity contribution in [3.05, 3.63) is 27.4 Å². The van der Waals surface area contributed by atoms with Gasteiger partial charge in [0.15, 0.2) is 0 Å². The van der Waals surface area contributed by atoms with Crippen molar-refractivity contribution < 1.29 is 0 Å². The van der Waals surface area contributed by atoms with Crippen molar-refractivity contribution in [2.45, 2.75) is 44.1 Å². The Morgan fingerprint density at radius 1 is 1.33 bits per heavy atom. The molecule has 0 spiro atoms. The molecule has 0 amide bonds. The number of aromatic amines is 1. The van der Waals surface area contributed by atoms with E-state index in [2.05, 4.69) is 20.2 Å². The molecule has 0 aromatic carbocycles. The monoisotopic (exact) mass is 203 g/mol. The third-order valence-electron chi connectivity index (χ3n) is 3.17. The van der Waals surface area contributed by atoms with Crippen molar-refractivity contribution in [1.29, 1.82) is 0 Å². The second-order valence-electron chi connectivity index (χ2n) is 4.44. The van der Waals surface area contributed by atoms with E-state index >= 15 is 0 Å². The van der Waals surface area contributed by atoms with Crippen molar-refractivity contribution in [2.24, 2.45) is 5.11 Å². The number of H-pyrrole nitrogens is 1. The molecule has 0 atom stereocenters. The predicted molar refractivity (Wildman–Crippen MR) is 55.4 cm³/mol. The third kappa shape index (κ3) is 1.59. The molecule has 5 nitrogen and oxygen atoms in total. The zero-order valence-electron chi connectivity index (χ0n) is 8.48. The summed E-state index contributed by atoms with van der Waals surface area (Å²) >= 11 is 0. The van der Waals surface area contributed by atoms with Gasteiger partial charge < -0.3 is 0 Å². The van der Waals surface area contributed by atoms with E-state index < -0.39 is 0 Å². The summed E-state index contributed by atoms with van der Waals surface area (Å²) in [5, 5.41) is 11.2. The Labute approximate surface area is 87.5 Å². The van der Waals surface area contributed by atoms with Crippen LogP contribution in [-0.2, 0) is 6.54 Å². The molecule has 78 valence electrons. The van der Waals surface area contributed by atoms with Crippen LogP contribution in [0.25, 0.3) is 10.4 Å². The van der Waals surface area contributed by atoms with Gasteiger partial charge in [-0.15, -0.1) is 0 Å². The average Bonchev–Trinajstić information content (AvgIpc) is 3.13. The second kappa shape index (κ2) is 3.28. The first-order valence-corrected chi connectivity index (χ1v) is 5.48. The van der Waals surface area contributed by atoms with Gasteiger partial charge in [-0.3, -0.25) is 5.10 Å². The molecule has 5 heteroatoms. The van der Waals surface area contributed by atoms with E-state index in [-0.39, 0.29) is 0 Å². The molecule has 1 aromatic rings. The Balaban J connectivity index is 1.95. The van der Waals surface area contributed by atoms with Crippen LogP contribution in [0, 0.1) is 0 Å². The minimum atomic E-state index is 0.463. The number of nitrogens with one attached hydrogen (secondary N) is 1. The summed E-state index contributed by atoms with van der Waals surface area (Å²) in [6.45, 7) is 0.463. The van der Waals surface area contributed by atoms with E-state index in [0.29, 0.717) is 18.4 Å². The van der Waals surface area contributed by atoms with E-state index in [1.165, 1.54) is 36.9 Å². The molecule has 1 N–H and O–H groups in total. The molecular formula is C10H13N5. The van der Waals surface area contributed by atoms with Crippen molar-refractivity contribution >= 4 is 0 Å². The van der Waals surface area contributed by atoms with Gasteiger partial charge in [0.25, 0.3) is 0 Å². The Kier molecular flexibility index (Phi) is 1.92. The van der Waals surface area contributed by atoms with E-state index in [1.807, 2.05) is 0 Å². The molecular weight excluding hydrogens is 190 g/mol. The Morgan fingerprint density at radius 2 is 2.07 bits per heavy atom. The largest absolute Gasteiger partial charge is 0.282 e. The molecule has 2 aliphatic carbocycles. The first-order valence-electron chi connectivity index (χ1n) is 5.48. The molecule has 0 bridgehead atoms. The lowest BCUT2D eigenvalue weighted by Gasteiger charge is -1.99. The van der Waals surface area contributed by atoms with Gasteiger partial charge in [-0.25, -0.2) is 0 Å². The minimum absolute atomic E-state index is 0.463. The fourth-order valence-corrected chi connectivity index (χ4v) is 2.07. The van der Waals surface area contributed by atoms with Crippen molar-refractivity contribution in [2.75, 3.05) is 0 Å². The fraction of sp³-hybridized carbons (Fsp3) is 0.700. The highest BCUT2D eigenvalue weighted by Crippen LogP contribution is 2.46. The highest BCUT2D eigenvalue weighted by Gasteiger charge is 2.34. The van der Waals surface area contributed by atoms with Crippen molar-refractivity contribution in [3.8, 4) is 0 Å². The van der Waals surface area contributed by atoms with Crippen LogP contribution < -0.4 is 0 Å². The number of hydrogen-bond donors (Lipinski definition) is 1. The maximum atomic E-state index is 8.38. The average molecular weight is 203 g/mol. The van der Waals surface area contributed by atoms with E-state index in [0.717, 1.165) is 5.69 Å². The van der Waals surface area contributed by atoms with Gasteiger partial charge in [0.1, 0.15) is 0 Å². The molecule has 2 aliphatic rings. The molecule has 15 heavy (non-hydrogen) atoms. The first-order chi connectivity index (χ1) is 7.40. The molecule has 0 saturated heterocycles. The zero-order valence-corrected chi connectivity index (χ0v) is 8.48. The lowest BCUT2D eigenvalue weighted by atomic mass is 10.1. The van der Waals surface area contributed by atoms with Gasteiger partial charge in [0, 0.05) is 28.0 Å². The third-order valence-corrected chi connectivity index (χ3v) is 3.17. The lowest BCUT2D eigenvalue weighted by molar-refractivity contribution is 0.926. The minimum Gasteiger partial charge on any atom is -0.282 e. The molecule has 0 radical (unpaired) electrons. The molecule has 1 aromatic heterocycles. The van der Waals surface area contributed by atoms with Crippen LogP contribution in [0.5, 0.6) is 0 Å². The van der Waals surface area contributed by atoms with Crippen LogP contribution in [0.15, 0.2) is 5.11 Å². The van der Waals surface area contributed by atoms with Crippen LogP contribution in [0.3, 0.4) is 0 Å².